The minimum absolute atomic E-state index is 0.162. The van der Waals surface area contributed by atoms with Gasteiger partial charge in [0.25, 0.3) is 0 Å². The summed E-state index contributed by atoms with van der Waals surface area (Å²) < 4.78 is 0. The second-order valence-corrected chi connectivity index (χ2v) is 5.24. The summed E-state index contributed by atoms with van der Waals surface area (Å²) in [4.78, 5) is 13.0. The second-order valence-electron chi connectivity index (χ2n) is 5.24. The van der Waals surface area contributed by atoms with Crippen molar-refractivity contribution in [2.45, 2.75) is 39.2 Å². The van der Waals surface area contributed by atoms with Gasteiger partial charge in [-0.1, -0.05) is 25.1 Å². The molecule has 2 nitrogen and oxygen atoms in total. The number of anilines is 1. The Morgan fingerprint density at radius 2 is 2.29 bits per heavy atom. The summed E-state index contributed by atoms with van der Waals surface area (Å²) in [6.45, 7) is 4.25. The van der Waals surface area contributed by atoms with Crippen LogP contribution in [0.1, 0.15) is 31.4 Å². The van der Waals surface area contributed by atoms with Crippen molar-refractivity contribution in [3.63, 3.8) is 0 Å². The number of benzene rings is 1. The van der Waals surface area contributed by atoms with Gasteiger partial charge in [0, 0.05) is 24.7 Å². The molecule has 0 saturated carbocycles. The Labute approximate surface area is 104 Å². The predicted octanol–water partition coefficient (Wildman–Crippen LogP) is 2.84. The summed E-state index contributed by atoms with van der Waals surface area (Å²) in [6, 6.07) is 7.16. The molecule has 0 saturated heterocycles. The van der Waals surface area contributed by atoms with Gasteiger partial charge in [-0.25, -0.2) is 0 Å². The number of carbonyl (C=O) groups excluding carboxylic acids is 1. The van der Waals surface area contributed by atoms with Crippen LogP contribution in [0.25, 0.3) is 0 Å². The number of fused-ring (bicyclic) bond motifs is 1. The number of nitrogens with zero attached hydrogens (tertiary/aromatic N) is 1. The highest BCUT2D eigenvalue weighted by Gasteiger charge is 2.24. The highest BCUT2D eigenvalue weighted by Crippen LogP contribution is 2.34. The third-order valence-electron chi connectivity index (χ3n) is 3.83. The zero-order valence-electron chi connectivity index (χ0n) is 10.9. The number of para-hydroxylation sites is 1. The molecular weight excluding hydrogens is 210 g/mol. The maximum absolute atomic E-state index is 10.7. The first-order chi connectivity index (χ1) is 8.13. The summed E-state index contributed by atoms with van der Waals surface area (Å²) in [7, 11) is 2.17. The zero-order valence-corrected chi connectivity index (χ0v) is 10.9. The van der Waals surface area contributed by atoms with Gasteiger partial charge in [-0.3, -0.25) is 0 Å². The average molecular weight is 231 g/mol. The molecule has 2 atom stereocenters. The van der Waals surface area contributed by atoms with Crippen molar-refractivity contribution < 1.29 is 4.79 Å². The van der Waals surface area contributed by atoms with Gasteiger partial charge in [0.2, 0.25) is 0 Å². The second kappa shape index (κ2) is 4.91. The lowest BCUT2D eigenvalue weighted by molar-refractivity contribution is -0.110. The van der Waals surface area contributed by atoms with Crippen molar-refractivity contribution in [3.05, 3.63) is 29.3 Å². The van der Waals surface area contributed by atoms with Crippen molar-refractivity contribution in [1.82, 2.24) is 0 Å². The number of aryl methyl sites for hydroxylation is 1. The molecule has 1 aliphatic heterocycles. The van der Waals surface area contributed by atoms with E-state index in [-0.39, 0.29) is 5.92 Å². The van der Waals surface area contributed by atoms with Gasteiger partial charge < -0.3 is 9.69 Å². The van der Waals surface area contributed by atoms with E-state index in [1.54, 1.807) is 0 Å². The molecule has 1 heterocycles. The van der Waals surface area contributed by atoms with Gasteiger partial charge in [0.1, 0.15) is 6.29 Å². The molecule has 1 aromatic carbocycles. The van der Waals surface area contributed by atoms with Gasteiger partial charge >= 0.3 is 0 Å². The maximum Gasteiger partial charge on any atom is 0.122 e. The molecule has 2 heteroatoms. The number of aldehydes is 1. The number of hydrogen-bond acceptors (Lipinski definition) is 2. The van der Waals surface area contributed by atoms with Crippen molar-refractivity contribution >= 4 is 12.0 Å². The number of hydrogen-bond donors (Lipinski definition) is 0. The third-order valence-corrected chi connectivity index (χ3v) is 3.83. The first-order valence-corrected chi connectivity index (χ1v) is 6.42. The molecule has 0 radical (unpaired) electrons. The summed E-state index contributed by atoms with van der Waals surface area (Å²) in [6.07, 6.45) is 4.14. The van der Waals surface area contributed by atoms with Crippen LogP contribution in [0.4, 0.5) is 5.69 Å². The molecule has 0 aliphatic carbocycles. The molecule has 0 fully saturated rings. The molecule has 0 N–H and O–H groups in total. The maximum atomic E-state index is 10.7. The smallest absolute Gasteiger partial charge is 0.122 e. The molecule has 0 aromatic heterocycles. The highest BCUT2D eigenvalue weighted by molar-refractivity contribution is 5.64. The Balaban J connectivity index is 2.19. The van der Waals surface area contributed by atoms with E-state index in [2.05, 4.69) is 37.1 Å². The van der Waals surface area contributed by atoms with Gasteiger partial charge in [-0.05, 0) is 37.3 Å². The lowest BCUT2D eigenvalue weighted by atomic mass is 9.99. The molecule has 2 unspecified atom stereocenters. The normalized spacial score (nSPS) is 20.2. The molecule has 1 aromatic rings. The van der Waals surface area contributed by atoms with Crippen molar-refractivity contribution in [2.75, 3.05) is 11.9 Å². The molecule has 17 heavy (non-hydrogen) atoms. The standard InChI is InChI=1S/C15H21NO/c1-11(10-17)7-8-13-5-4-6-14-9-12(2)16(3)15(13)14/h4-6,10-12H,7-9H2,1-3H3. The summed E-state index contributed by atoms with van der Waals surface area (Å²) >= 11 is 0. The van der Waals surface area contributed by atoms with E-state index in [4.69, 9.17) is 0 Å². The highest BCUT2D eigenvalue weighted by atomic mass is 16.1. The molecular formula is C15H21NO. The summed E-state index contributed by atoms with van der Waals surface area (Å²) in [5.41, 5.74) is 4.25. The van der Waals surface area contributed by atoms with Crippen LogP contribution in [0, 0.1) is 5.92 Å². The van der Waals surface area contributed by atoms with E-state index < -0.39 is 0 Å². The quantitative estimate of drug-likeness (QED) is 0.743. The summed E-state index contributed by atoms with van der Waals surface area (Å²) in [5.74, 6) is 0.162. The number of carbonyl (C=O) groups is 1. The van der Waals surface area contributed by atoms with Crippen LogP contribution in [0.5, 0.6) is 0 Å². The topological polar surface area (TPSA) is 20.3 Å². The van der Waals surface area contributed by atoms with Crippen LogP contribution < -0.4 is 4.90 Å². The van der Waals surface area contributed by atoms with Gasteiger partial charge in [-0.15, -0.1) is 0 Å². The van der Waals surface area contributed by atoms with Crippen LogP contribution in [0.2, 0.25) is 0 Å². The number of likely N-dealkylation sites (N-methyl/N-ethyl adjacent to an activating group) is 1. The fraction of sp³-hybridized carbons (Fsp3) is 0.533. The van der Waals surface area contributed by atoms with Gasteiger partial charge in [0.15, 0.2) is 0 Å². The fourth-order valence-electron chi connectivity index (χ4n) is 2.59. The minimum Gasteiger partial charge on any atom is -0.371 e. The Morgan fingerprint density at radius 3 is 3.00 bits per heavy atom. The number of rotatable bonds is 4. The van der Waals surface area contributed by atoms with Crippen LogP contribution in [-0.2, 0) is 17.6 Å². The van der Waals surface area contributed by atoms with E-state index in [9.17, 15) is 4.79 Å². The molecule has 0 bridgehead atoms. The molecule has 92 valence electrons. The van der Waals surface area contributed by atoms with E-state index in [0.717, 1.165) is 25.5 Å². The van der Waals surface area contributed by atoms with E-state index in [0.29, 0.717) is 6.04 Å². The Bertz CT molecular complexity index is 413. The lowest BCUT2D eigenvalue weighted by Crippen LogP contribution is -2.24. The molecule has 1 aliphatic rings. The van der Waals surface area contributed by atoms with Crippen LogP contribution >= 0.6 is 0 Å². The average Bonchev–Trinajstić information content (AvgIpc) is 2.63. The van der Waals surface area contributed by atoms with Gasteiger partial charge in [-0.2, -0.15) is 0 Å². The third kappa shape index (κ3) is 2.36. The first-order valence-electron chi connectivity index (χ1n) is 6.42. The molecule has 0 amide bonds. The molecule has 2 rings (SSSR count). The first kappa shape index (κ1) is 12.2. The van der Waals surface area contributed by atoms with Crippen LogP contribution in [0.15, 0.2) is 18.2 Å². The Hall–Kier alpha value is -1.31. The monoisotopic (exact) mass is 231 g/mol. The Morgan fingerprint density at radius 1 is 1.53 bits per heavy atom. The van der Waals surface area contributed by atoms with Crippen LogP contribution in [-0.4, -0.2) is 19.4 Å². The van der Waals surface area contributed by atoms with Gasteiger partial charge in [0.05, 0.1) is 0 Å². The lowest BCUT2D eigenvalue weighted by Gasteiger charge is -2.21. The Kier molecular flexibility index (Phi) is 3.51. The fourth-order valence-corrected chi connectivity index (χ4v) is 2.59. The summed E-state index contributed by atoms with van der Waals surface area (Å²) in [5, 5.41) is 0. The van der Waals surface area contributed by atoms with Crippen molar-refractivity contribution in [3.8, 4) is 0 Å². The molecule has 0 spiro atoms. The van der Waals surface area contributed by atoms with E-state index in [1.165, 1.54) is 16.8 Å². The van der Waals surface area contributed by atoms with Crippen molar-refractivity contribution in [2.24, 2.45) is 5.92 Å². The predicted molar refractivity (Wildman–Crippen MR) is 71.6 cm³/mol. The largest absolute Gasteiger partial charge is 0.371 e. The van der Waals surface area contributed by atoms with E-state index >= 15 is 0 Å². The van der Waals surface area contributed by atoms with Crippen molar-refractivity contribution in [1.29, 1.82) is 0 Å². The SMILES string of the molecule is CC(C=O)CCc1cccc2c1N(C)C(C)C2. The van der Waals surface area contributed by atoms with E-state index in [1.807, 2.05) is 6.92 Å². The zero-order chi connectivity index (χ0) is 12.4. The minimum atomic E-state index is 0.162. The van der Waals surface area contributed by atoms with Crippen LogP contribution in [0.3, 0.4) is 0 Å².